The van der Waals surface area contributed by atoms with E-state index in [1.165, 1.54) is 6.42 Å². The second-order valence-corrected chi connectivity index (χ2v) is 6.40. The number of nitrogens with one attached hydrogen (secondary N) is 1. The Balaban J connectivity index is 1.53. The first-order valence-corrected chi connectivity index (χ1v) is 7.73. The Morgan fingerprint density at radius 2 is 2.43 bits per heavy atom. The van der Waals surface area contributed by atoms with Crippen molar-refractivity contribution in [2.24, 2.45) is 5.92 Å². The van der Waals surface area contributed by atoms with E-state index in [4.69, 9.17) is 4.52 Å². The van der Waals surface area contributed by atoms with Crippen LogP contribution in [0.15, 0.2) is 10.6 Å². The van der Waals surface area contributed by atoms with Crippen LogP contribution in [0.4, 0.5) is 5.82 Å². The van der Waals surface area contributed by atoms with Gasteiger partial charge in [0.1, 0.15) is 5.76 Å². The fourth-order valence-corrected chi connectivity index (χ4v) is 3.59. The molecule has 2 N–H and O–H groups in total. The van der Waals surface area contributed by atoms with Crippen molar-refractivity contribution in [3.05, 3.63) is 11.8 Å². The van der Waals surface area contributed by atoms with Crippen molar-refractivity contribution >= 4 is 11.7 Å². The predicted octanol–water partition coefficient (Wildman–Crippen LogP) is 1.55. The Bertz CT molecular complexity index is 516. The summed E-state index contributed by atoms with van der Waals surface area (Å²) < 4.78 is 4.93. The number of nitrogens with zero attached hydrogens (tertiary/aromatic N) is 2. The molecule has 1 aromatic rings. The number of aliphatic hydroxyl groups is 1. The summed E-state index contributed by atoms with van der Waals surface area (Å²) in [6, 6.07) is 1.70. The van der Waals surface area contributed by atoms with Crippen LogP contribution in [0.2, 0.25) is 0 Å². The van der Waals surface area contributed by atoms with Gasteiger partial charge < -0.3 is 14.9 Å². The fourth-order valence-electron chi connectivity index (χ4n) is 3.59. The summed E-state index contributed by atoms with van der Waals surface area (Å²) in [6.07, 6.45) is 5.06. The number of fused-ring (bicyclic) bond motifs is 1. The molecule has 6 heteroatoms. The van der Waals surface area contributed by atoms with E-state index in [0.29, 0.717) is 24.0 Å². The molecular formula is C15H23N3O3. The molecule has 1 aliphatic carbocycles. The largest absolute Gasteiger partial charge is 0.390 e. The van der Waals surface area contributed by atoms with Gasteiger partial charge in [0.05, 0.1) is 12.1 Å². The molecule has 2 atom stereocenters. The second kappa shape index (κ2) is 5.77. The van der Waals surface area contributed by atoms with Crippen LogP contribution in [0, 0.1) is 12.8 Å². The van der Waals surface area contributed by atoms with E-state index in [9.17, 15) is 9.90 Å². The Morgan fingerprint density at radius 1 is 1.57 bits per heavy atom. The average molecular weight is 293 g/mol. The van der Waals surface area contributed by atoms with E-state index in [2.05, 4.69) is 15.4 Å². The zero-order valence-electron chi connectivity index (χ0n) is 12.5. The van der Waals surface area contributed by atoms with Gasteiger partial charge >= 0.3 is 0 Å². The maximum Gasteiger partial charge on any atom is 0.239 e. The number of aryl methyl sites for hydroxylation is 1. The van der Waals surface area contributed by atoms with Gasteiger partial charge in [0.15, 0.2) is 5.82 Å². The molecule has 116 valence electrons. The van der Waals surface area contributed by atoms with Crippen molar-refractivity contribution in [3.63, 3.8) is 0 Å². The van der Waals surface area contributed by atoms with Crippen molar-refractivity contribution in [3.8, 4) is 0 Å². The molecule has 3 rings (SSSR count). The quantitative estimate of drug-likeness (QED) is 0.884. The van der Waals surface area contributed by atoms with Crippen LogP contribution in [-0.4, -0.2) is 46.3 Å². The second-order valence-electron chi connectivity index (χ2n) is 6.40. The van der Waals surface area contributed by atoms with Gasteiger partial charge in [-0.05, 0) is 26.2 Å². The molecule has 2 unspecified atom stereocenters. The molecule has 1 saturated carbocycles. The van der Waals surface area contributed by atoms with Crippen LogP contribution >= 0.6 is 0 Å². The summed E-state index contributed by atoms with van der Waals surface area (Å²) in [6.45, 7) is 3.72. The first kappa shape index (κ1) is 14.5. The molecule has 1 amide bonds. The standard InChI is InChI=1S/C15H23N3O3/c1-11-8-13(17-21-11)16-14(19)10-18-7-6-15(20)5-3-2-4-12(15)9-18/h8,12,20H,2-7,9-10H2,1H3,(H,16,17,19). The number of carbonyl (C=O) groups excluding carboxylic acids is 1. The average Bonchev–Trinajstić information content (AvgIpc) is 2.84. The van der Waals surface area contributed by atoms with Crippen LogP contribution in [-0.2, 0) is 4.79 Å². The van der Waals surface area contributed by atoms with Crippen molar-refractivity contribution < 1.29 is 14.4 Å². The maximum absolute atomic E-state index is 12.0. The molecule has 0 radical (unpaired) electrons. The molecule has 0 spiro atoms. The molecule has 1 aliphatic heterocycles. The van der Waals surface area contributed by atoms with Gasteiger partial charge in [-0.1, -0.05) is 18.0 Å². The lowest BCUT2D eigenvalue weighted by molar-refractivity contribution is -0.123. The summed E-state index contributed by atoms with van der Waals surface area (Å²) in [5.74, 6) is 1.37. The van der Waals surface area contributed by atoms with E-state index >= 15 is 0 Å². The number of piperidine rings is 1. The highest BCUT2D eigenvalue weighted by atomic mass is 16.5. The lowest BCUT2D eigenvalue weighted by Gasteiger charge is -2.47. The van der Waals surface area contributed by atoms with Gasteiger partial charge in [-0.2, -0.15) is 0 Å². The van der Waals surface area contributed by atoms with Crippen LogP contribution in [0.3, 0.4) is 0 Å². The third kappa shape index (κ3) is 3.27. The predicted molar refractivity (Wildman–Crippen MR) is 77.8 cm³/mol. The van der Waals surface area contributed by atoms with Crippen LogP contribution in [0.25, 0.3) is 0 Å². The van der Waals surface area contributed by atoms with E-state index in [1.54, 1.807) is 13.0 Å². The molecule has 0 aromatic carbocycles. The zero-order valence-corrected chi connectivity index (χ0v) is 12.5. The molecule has 6 nitrogen and oxygen atoms in total. The lowest BCUT2D eigenvalue weighted by atomic mass is 9.71. The number of hydrogen-bond donors (Lipinski definition) is 2. The monoisotopic (exact) mass is 293 g/mol. The first-order valence-electron chi connectivity index (χ1n) is 7.73. The number of anilines is 1. The Hall–Kier alpha value is -1.40. The third-order valence-corrected chi connectivity index (χ3v) is 4.77. The minimum Gasteiger partial charge on any atom is -0.390 e. The summed E-state index contributed by atoms with van der Waals surface area (Å²) in [4.78, 5) is 14.2. The van der Waals surface area contributed by atoms with Gasteiger partial charge in [-0.3, -0.25) is 9.69 Å². The summed E-state index contributed by atoms with van der Waals surface area (Å²) in [7, 11) is 0. The topological polar surface area (TPSA) is 78.6 Å². The molecule has 21 heavy (non-hydrogen) atoms. The Morgan fingerprint density at radius 3 is 3.19 bits per heavy atom. The van der Waals surface area contributed by atoms with E-state index in [-0.39, 0.29) is 5.91 Å². The van der Waals surface area contributed by atoms with Crippen LogP contribution in [0.5, 0.6) is 0 Å². The zero-order chi connectivity index (χ0) is 14.9. The van der Waals surface area contributed by atoms with Crippen molar-refractivity contribution in [1.29, 1.82) is 0 Å². The van der Waals surface area contributed by atoms with Crippen molar-refractivity contribution in [2.75, 3.05) is 25.0 Å². The smallest absolute Gasteiger partial charge is 0.239 e. The molecule has 1 saturated heterocycles. The molecule has 0 bridgehead atoms. The fraction of sp³-hybridized carbons (Fsp3) is 0.733. The van der Waals surface area contributed by atoms with Gasteiger partial charge in [0.25, 0.3) is 0 Å². The van der Waals surface area contributed by atoms with Gasteiger partial charge in [-0.15, -0.1) is 0 Å². The maximum atomic E-state index is 12.0. The number of hydrogen-bond acceptors (Lipinski definition) is 5. The van der Waals surface area contributed by atoms with Crippen molar-refractivity contribution in [2.45, 2.75) is 44.6 Å². The van der Waals surface area contributed by atoms with E-state index in [0.717, 1.165) is 38.8 Å². The van der Waals surface area contributed by atoms with Gasteiger partial charge in [0, 0.05) is 25.1 Å². The molecule has 2 fully saturated rings. The number of likely N-dealkylation sites (tertiary alicyclic amines) is 1. The summed E-state index contributed by atoms with van der Waals surface area (Å²) in [5.41, 5.74) is -0.492. The Labute approximate surface area is 124 Å². The lowest BCUT2D eigenvalue weighted by Crippen LogP contribution is -2.54. The van der Waals surface area contributed by atoms with Crippen LogP contribution in [0.1, 0.15) is 37.9 Å². The minimum absolute atomic E-state index is 0.0791. The SMILES string of the molecule is Cc1cc(NC(=O)CN2CCC3(O)CCCCC3C2)no1. The highest BCUT2D eigenvalue weighted by molar-refractivity contribution is 5.91. The van der Waals surface area contributed by atoms with Crippen LogP contribution < -0.4 is 5.32 Å². The molecule has 1 aromatic heterocycles. The van der Waals surface area contributed by atoms with E-state index < -0.39 is 5.60 Å². The molecule has 2 heterocycles. The number of amides is 1. The first-order chi connectivity index (χ1) is 10.0. The normalized spacial score (nSPS) is 29.9. The summed E-state index contributed by atoms with van der Waals surface area (Å²) in [5, 5.41) is 17.1. The van der Waals surface area contributed by atoms with Gasteiger partial charge in [-0.25, -0.2) is 0 Å². The molecular weight excluding hydrogens is 270 g/mol. The number of aromatic nitrogens is 1. The van der Waals surface area contributed by atoms with E-state index in [1.807, 2.05) is 0 Å². The minimum atomic E-state index is -0.492. The number of rotatable bonds is 3. The molecule has 2 aliphatic rings. The highest BCUT2D eigenvalue weighted by Crippen LogP contribution is 2.39. The summed E-state index contributed by atoms with van der Waals surface area (Å²) >= 11 is 0. The Kier molecular flexibility index (Phi) is 3.99. The highest BCUT2D eigenvalue weighted by Gasteiger charge is 2.42. The van der Waals surface area contributed by atoms with Crippen molar-refractivity contribution in [1.82, 2.24) is 10.1 Å². The number of carbonyl (C=O) groups is 1. The van der Waals surface area contributed by atoms with Gasteiger partial charge in [0.2, 0.25) is 5.91 Å². The third-order valence-electron chi connectivity index (χ3n) is 4.77.